The van der Waals surface area contributed by atoms with E-state index in [1.54, 1.807) is 12.4 Å². The predicted molar refractivity (Wildman–Crippen MR) is 66.6 cm³/mol. The molecule has 1 aliphatic rings. The van der Waals surface area contributed by atoms with Crippen LogP contribution < -0.4 is 4.90 Å². The van der Waals surface area contributed by atoms with Crippen LogP contribution in [0.25, 0.3) is 0 Å². The molecule has 87 valence electrons. The summed E-state index contributed by atoms with van der Waals surface area (Å²) in [4.78, 5) is 10.7. The standard InChI is InChI=1S/C12H17ClN3/c1-2-3-10-4-6-16(7-5-10)12-14-8-11(13)9-15-12/h8-10H,1-7H2. The van der Waals surface area contributed by atoms with E-state index in [1.807, 2.05) is 0 Å². The van der Waals surface area contributed by atoms with Gasteiger partial charge in [0.25, 0.3) is 0 Å². The first-order chi connectivity index (χ1) is 7.79. The maximum Gasteiger partial charge on any atom is 0.225 e. The van der Waals surface area contributed by atoms with Gasteiger partial charge in [-0.2, -0.15) is 0 Å². The molecule has 0 amide bonds. The van der Waals surface area contributed by atoms with E-state index in [1.165, 1.54) is 19.3 Å². The second-order valence-electron chi connectivity index (χ2n) is 4.27. The van der Waals surface area contributed by atoms with Gasteiger partial charge in [0.2, 0.25) is 5.95 Å². The van der Waals surface area contributed by atoms with Crippen LogP contribution in [0.1, 0.15) is 25.7 Å². The van der Waals surface area contributed by atoms with Crippen molar-refractivity contribution in [1.82, 2.24) is 9.97 Å². The minimum atomic E-state index is 0.593. The molecule has 0 aliphatic carbocycles. The Morgan fingerprint density at radius 3 is 2.50 bits per heavy atom. The molecule has 16 heavy (non-hydrogen) atoms. The molecule has 1 aromatic heterocycles. The third-order valence-corrected chi connectivity index (χ3v) is 3.31. The summed E-state index contributed by atoms with van der Waals surface area (Å²) in [6.07, 6.45) is 8.05. The third-order valence-electron chi connectivity index (χ3n) is 3.12. The van der Waals surface area contributed by atoms with Gasteiger partial charge in [0.1, 0.15) is 0 Å². The Kier molecular flexibility index (Phi) is 3.99. The zero-order chi connectivity index (χ0) is 11.4. The van der Waals surface area contributed by atoms with Crippen molar-refractivity contribution < 1.29 is 0 Å². The highest BCUT2D eigenvalue weighted by molar-refractivity contribution is 6.30. The number of piperidine rings is 1. The van der Waals surface area contributed by atoms with E-state index in [-0.39, 0.29) is 0 Å². The number of nitrogens with zero attached hydrogens (tertiary/aromatic N) is 3. The summed E-state index contributed by atoms with van der Waals surface area (Å²) in [7, 11) is 0. The Morgan fingerprint density at radius 2 is 1.94 bits per heavy atom. The lowest BCUT2D eigenvalue weighted by Crippen LogP contribution is -2.34. The summed E-state index contributed by atoms with van der Waals surface area (Å²) in [5.74, 6) is 1.64. The Bertz CT molecular complexity index is 318. The van der Waals surface area contributed by atoms with E-state index < -0.39 is 0 Å². The normalized spacial score (nSPS) is 17.8. The van der Waals surface area contributed by atoms with Crippen molar-refractivity contribution in [2.24, 2.45) is 5.92 Å². The Morgan fingerprint density at radius 1 is 1.31 bits per heavy atom. The van der Waals surface area contributed by atoms with Crippen LogP contribution in [0.3, 0.4) is 0 Å². The first-order valence-corrected chi connectivity index (χ1v) is 6.19. The van der Waals surface area contributed by atoms with E-state index in [4.69, 9.17) is 11.6 Å². The largest absolute Gasteiger partial charge is 0.341 e. The number of hydrogen-bond donors (Lipinski definition) is 0. The summed E-state index contributed by atoms with van der Waals surface area (Å²) in [6.45, 7) is 6.01. The van der Waals surface area contributed by atoms with Crippen molar-refractivity contribution >= 4 is 17.5 Å². The Labute approximate surface area is 102 Å². The van der Waals surface area contributed by atoms with Gasteiger partial charge in [-0.3, -0.25) is 0 Å². The number of hydrogen-bond acceptors (Lipinski definition) is 3. The monoisotopic (exact) mass is 238 g/mol. The van der Waals surface area contributed by atoms with Crippen molar-refractivity contribution in [3.8, 4) is 0 Å². The minimum Gasteiger partial charge on any atom is -0.341 e. The van der Waals surface area contributed by atoms with Crippen molar-refractivity contribution in [2.75, 3.05) is 18.0 Å². The molecule has 1 aromatic rings. The van der Waals surface area contributed by atoms with Gasteiger partial charge in [-0.15, -0.1) is 0 Å². The summed E-state index contributed by atoms with van der Waals surface area (Å²) < 4.78 is 0. The molecule has 0 N–H and O–H groups in total. The smallest absolute Gasteiger partial charge is 0.225 e. The first kappa shape index (κ1) is 11.6. The number of halogens is 1. The van der Waals surface area contributed by atoms with Crippen molar-refractivity contribution in [2.45, 2.75) is 25.7 Å². The molecule has 1 aliphatic heterocycles. The fourth-order valence-electron chi connectivity index (χ4n) is 2.18. The molecule has 2 heterocycles. The van der Waals surface area contributed by atoms with Crippen molar-refractivity contribution in [1.29, 1.82) is 0 Å². The molecule has 1 fully saturated rings. The predicted octanol–water partition coefficient (Wildman–Crippen LogP) is 2.96. The van der Waals surface area contributed by atoms with Crippen LogP contribution >= 0.6 is 11.6 Å². The highest BCUT2D eigenvalue weighted by atomic mass is 35.5. The lowest BCUT2D eigenvalue weighted by molar-refractivity contribution is 0.381. The molecule has 0 atom stereocenters. The second-order valence-corrected chi connectivity index (χ2v) is 4.71. The van der Waals surface area contributed by atoms with Gasteiger partial charge in [0.15, 0.2) is 0 Å². The third kappa shape index (κ3) is 2.85. The molecule has 2 rings (SSSR count). The van der Waals surface area contributed by atoms with Gasteiger partial charge in [-0.05, 0) is 18.8 Å². The summed E-state index contributed by atoms with van der Waals surface area (Å²) in [6, 6.07) is 0. The fraction of sp³-hybridized carbons (Fsp3) is 0.583. The molecule has 0 aromatic carbocycles. The van der Waals surface area contributed by atoms with E-state index in [0.29, 0.717) is 5.02 Å². The van der Waals surface area contributed by atoms with Crippen LogP contribution in [-0.4, -0.2) is 23.1 Å². The van der Waals surface area contributed by atoms with Gasteiger partial charge >= 0.3 is 0 Å². The molecule has 0 bridgehead atoms. The average molecular weight is 239 g/mol. The van der Waals surface area contributed by atoms with E-state index in [2.05, 4.69) is 21.8 Å². The first-order valence-electron chi connectivity index (χ1n) is 5.81. The maximum atomic E-state index is 5.76. The molecule has 0 saturated carbocycles. The topological polar surface area (TPSA) is 29.0 Å². The van der Waals surface area contributed by atoms with Gasteiger partial charge in [-0.25, -0.2) is 9.97 Å². The maximum absolute atomic E-state index is 5.76. The van der Waals surface area contributed by atoms with E-state index in [9.17, 15) is 0 Å². The summed E-state index contributed by atoms with van der Waals surface area (Å²) in [5.41, 5.74) is 0. The fourth-order valence-corrected chi connectivity index (χ4v) is 2.28. The van der Waals surface area contributed by atoms with E-state index in [0.717, 1.165) is 31.4 Å². The number of aromatic nitrogens is 2. The Hall–Kier alpha value is -0.830. The molecule has 1 saturated heterocycles. The number of anilines is 1. The summed E-state index contributed by atoms with van der Waals surface area (Å²) >= 11 is 5.76. The van der Waals surface area contributed by atoms with Crippen LogP contribution in [0, 0.1) is 12.8 Å². The van der Waals surface area contributed by atoms with Crippen LogP contribution in [0.2, 0.25) is 5.02 Å². The van der Waals surface area contributed by atoms with Crippen LogP contribution in [0.4, 0.5) is 5.95 Å². The molecule has 1 radical (unpaired) electrons. The van der Waals surface area contributed by atoms with Gasteiger partial charge in [0, 0.05) is 13.1 Å². The van der Waals surface area contributed by atoms with Crippen molar-refractivity contribution in [3.05, 3.63) is 24.3 Å². The SMILES string of the molecule is [CH2]CCC1CCN(c2ncc(Cl)cn2)CC1. The molecule has 3 nitrogen and oxygen atoms in total. The minimum absolute atomic E-state index is 0.593. The quantitative estimate of drug-likeness (QED) is 0.811. The highest BCUT2D eigenvalue weighted by Crippen LogP contribution is 2.23. The Balaban J connectivity index is 1.91. The molecule has 0 spiro atoms. The molecule has 4 heteroatoms. The highest BCUT2D eigenvalue weighted by Gasteiger charge is 2.19. The lowest BCUT2D eigenvalue weighted by atomic mass is 9.93. The van der Waals surface area contributed by atoms with E-state index >= 15 is 0 Å². The molecular formula is C12H17ClN3. The average Bonchev–Trinajstić information content (AvgIpc) is 2.32. The zero-order valence-electron chi connectivity index (χ0n) is 9.40. The summed E-state index contributed by atoms with van der Waals surface area (Å²) in [5, 5.41) is 0.593. The zero-order valence-corrected chi connectivity index (χ0v) is 10.2. The van der Waals surface area contributed by atoms with Crippen LogP contribution in [0.5, 0.6) is 0 Å². The van der Waals surface area contributed by atoms with Gasteiger partial charge < -0.3 is 4.90 Å². The lowest BCUT2D eigenvalue weighted by Gasteiger charge is -2.31. The van der Waals surface area contributed by atoms with Crippen LogP contribution in [-0.2, 0) is 0 Å². The van der Waals surface area contributed by atoms with Crippen LogP contribution in [0.15, 0.2) is 12.4 Å². The van der Waals surface area contributed by atoms with Gasteiger partial charge in [-0.1, -0.05) is 31.4 Å². The van der Waals surface area contributed by atoms with Gasteiger partial charge in [0.05, 0.1) is 17.4 Å². The molecular weight excluding hydrogens is 222 g/mol. The molecule has 0 unspecified atom stereocenters. The number of rotatable bonds is 3. The second kappa shape index (κ2) is 5.48. The van der Waals surface area contributed by atoms with Crippen molar-refractivity contribution in [3.63, 3.8) is 0 Å².